The number of allylic oxidation sites excluding steroid dienone is 2. The van der Waals surface area contributed by atoms with E-state index in [1.54, 1.807) is 12.2 Å². The van der Waals surface area contributed by atoms with Crippen LogP contribution in [0.15, 0.2) is 56.2 Å². The van der Waals surface area contributed by atoms with E-state index in [-0.39, 0.29) is 0 Å². The van der Waals surface area contributed by atoms with E-state index in [0.29, 0.717) is 5.88 Å². The van der Waals surface area contributed by atoms with Gasteiger partial charge in [0.1, 0.15) is 0 Å². The molecule has 1 aromatic carbocycles. The molecular formula is C13H15Cl. The summed E-state index contributed by atoms with van der Waals surface area (Å²) in [6.07, 6.45) is 5.09. The van der Waals surface area contributed by atoms with Gasteiger partial charge in [0.2, 0.25) is 0 Å². The van der Waals surface area contributed by atoms with Gasteiger partial charge in [-0.3, -0.25) is 0 Å². The highest BCUT2D eigenvalue weighted by atomic mass is 35.5. The summed E-state index contributed by atoms with van der Waals surface area (Å²) < 4.78 is 0. The van der Waals surface area contributed by atoms with Crippen molar-refractivity contribution in [1.29, 1.82) is 0 Å². The minimum atomic E-state index is 0.558. The molecule has 0 amide bonds. The fourth-order valence-corrected chi connectivity index (χ4v) is 1.10. The molecule has 0 saturated heterocycles. The first-order valence-corrected chi connectivity index (χ1v) is 4.83. The predicted octanol–water partition coefficient (Wildman–Crippen LogP) is 4.43. The second-order valence-electron chi connectivity index (χ2n) is 2.51. The largest absolute Gasteiger partial charge is 0.122 e. The predicted molar refractivity (Wildman–Crippen MR) is 66.5 cm³/mol. The molecule has 0 fully saturated rings. The molecular weight excluding hydrogens is 192 g/mol. The molecule has 0 unspecified atom stereocenters. The van der Waals surface area contributed by atoms with Crippen molar-refractivity contribution in [3.8, 4) is 0 Å². The maximum Gasteiger partial charge on any atom is 0.0479 e. The molecule has 0 aliphatic rings. The SMILES string of the molecule is C=CC=C.C=Cc1ccccc1CCl. The average molecular weight is 207 g/mol. The Kier molecular flexibility index (Phi) is 7.58. The summed E-state index contributed by atoms with van der Waals surface area (Å²) >= 11 is 5.66. The quantitative estimate of drug-likeness (QED) is 0.507. The van der Waals surface area contributed by atoms with Gasteiger partial charge in [0.05, 0.1) is 0 Å². The van der Waals surface area contributed by atoms with Crippen LogP contribution in [0.3, 0.4) is 0 Å². The Hall–Kier alpha value is -1.27. The van der Waals surface area contributed by atoms with Gasteiger partial charge in [0, 0.05) is 5.88 Å². The summed E-state index contributed by atoms with van der Waals surface area (Å²) in [5, 5.41) is 0. The molecule has 0 bridgehead atoms. The molecule has 14 heavy (non-hydrogen) atoms. The zero-order valence-electron chi connectivity index (χ0n) is 8.25. The molecule has 1 rings (SSSR count). The summed E-state index contributed by atoms with van der Waals surface area (Å²) in [5.41, 5.74) is 2.26. The number of hydrogen-bond acceptors (Lipinski definition) is 0. The van der Waals surface area contributed by atoms with E-state index >= 15 is 0 Å². The fourth-order valence-electron chi connectivity index (χ4n) is 0.855. The third kappa shape index (κ3) is 4.68. The maximum atomic E-state index is 5.66. The van der Waals surface area contributed by atoms with Crippen LogP contribution in [-0.2, 0) is 5.88 Å². The van der Waals surface area contributed by atoms with Gasteiger partial charge in [-0.2, -0.15) is 0 Å². The van der Waals surface area contributed by atoms with Crippen LogP contribution in [0.25, 0.3) is 6.08 Å². The number of rotatable bonds is 3. The van der Waals surface area contributed by atoms with Crippen molar-refractivity contribution in [2.24, 2.45) is 0 Å². The Morgan fingerprint density at radius 2 is 1.64 bits per heavy atom. The van der Waals surface area contributed by atoms with E-state index in [4.69, 9.17) is 11.6 Å². The van der Waals surface area contributed by atoms with Crippen LogP contribution >= 0.6 is 11.6 Å². The molecule has 0 nitrogen and oxygen atoms in total. The van der Waals surface area contributed by atoms with E-state index in [2.05, 4.69) is 19.7 Å². The van der Waals surface area contributed by atoms with Crippen LogP contribution in [0, 0.1) is 0 Å². The molecule has 0 N–H and O–H groups in total. The van der Waals surface area contributed by atoms with Crippen molar-refractivity contribution in [1.82, 2.24) is 0 Å². The number of benzene rings is 1. The highest BCUT2D eigenvalue weighted by Gasteiger charge is 1.93. The second-order valence-corrected chi connectivity index (χ2v) is 2.78. The van der Waals surface area contributed by atoms with Gasteiger partial charge in [0.25, 0.3) is 0 Å². The van der Waals surface area contributed by atoms with Crippen molar-refractivity contribution >= 4 is 17.7 Å². The Morgan fingerprint density at radius 3 is 2.00 bits per heavy atom. The summed E-state index contributed by atoms with van der Waals surface area (Å²) in [7, 11) is 0. The van der Waals surface area contributed by atoms with Crippen molar-refractivity contribution < 1.29 is 0 Å². The minimum Gasteiger partial charge on any atom is -0.122 e. The molecule has 0 aromatic heterocycles. The van der Waals surface area contributed by atoms with E-state index in [1.165, 1.54) is 0 Å². The molecule has 0 aliphatic heterocycles. The molecule has 0 saturated carbocycles. The monoisotopic (exact) mass is 206 g/mol. The lowest BCUT2D eigenvalue weighted by Gasteiger charge is -1.98. The van der Waals surface area contributed by atoms with E-state index in [1.807, 2.05) is 30.3 Å². The second kappa shape index (κ2) is 8.33. The molecule has 0 aliphatic carbocycles. The third-order valence-electron chi connectivity index (χ3n) is 1.59. The van der Waals surface area contributed by atoms with E-state index in [0.717, 1.165) is 11.1 Å². The zero-order valence-corrected chi connectivity index (χ0v) is 9.00. The van der Waals surface area contributed by atoms with Crippen molar-refractivity contribution in [3.05, 3.63) is 67.3 Å². The standard InChI is InChI=1S/C9H9Cl.C4H6/c1-2-8-5-3-4-6-9(8)7-10;1-3-4-2/h2-6H,1,7H2;3-4H,1-2H2. The summed E-state index contributed by atoms with van der Waals surface area (Å²) in [6, 6.07) is 7.96. The first kappa shape index (κ1) is 12.7. The van der Waals surface area contributed by atoms with Gasteiger partial charge >= 0.3 is 0 Å². The zero-order chi connectivity index (χ0) is 10.8. The highest BCUT2D eigenvalue weighted by molar-refractivity contribution is 6.17. The molecule has 0 spiro atoms. The van der Waals surface area contributed by atoms with Crippen molar-refractivity contribution in [3.63, 3.8) is 0 Å². The normalized spacial score (nSPS) is 8.07. The van der Waals surface area contributed by atoms with Gasteiger partial charge in [0.15, 0.2) is 0 Å². The maximum absolute atomic E-state index is 5.66. The molecule has 74 valence electrons. The van der Waals surface area contributed by atoms with Crippen LogP contribution in [0.2, 0.25) is 0 Å². The van der Waals surface area contributed by atoms with E-state index < -0.39 is 0 Å². The highest BCUT2D eigenvalue weighted by Crippen LogP contribution is 2.11. The van der Waals surface area contributed by atoms with Gasteiger partial charge in [-0.1, -0.05) is 62.2 Å². The minimum absolute atomic E-state index is 0.558. The molecule has 1 heteroatoms. The van der Waals surface area contributed by atoms with Crippen molar-refractivity contribution in [2.75, 3.05) is 0 Å². The van der Waals surface area contributed by atoms with E-state index in [9.17, 15) is 0 Å². The van der Waals surface area contributed by atoms with Crippen LogP contribution < -0.4 is 0 Å². The lowest BCUT2D eigenvalue weighted by molar-refractivity contribution is 1.38. The third-order valence-corrected chi connectivity index (χ3v) is 1.87. The summed E-state index contributed by atoms with van der Waals surface area (Å²) in [6.45, 7) is 10.4. The summed E-state index contributed by atoms with van der Waals surface area (Å²) in [4.78, 5) is 0. The fraction of sp³-hybridized carbons (Fsp3) is 0.0769. The molecule has 1 aromatic rings. The average Bonchev–Trinajstić information content (AvgIpc) is 2.29. The Bertz CT molecular complexity index is 294. The van der Waals surface area contributed by atoms with Crippen LogP contribution in [0.1, 0.15) is 11.1 Å². The summed E-state index contributed by atoms with van der Waals surface area (Å²) in [5.74, 6) is 0.558. The smallest absolute Gasteiger partial charge is 0.0479 e. The van der Waals surface area contributed by atoms with Crippen LogP contribution in [0.5, 0.6) is 0 Å². The molecule has 0 heterocycles. The first-order chi connectivity index (χ1) is 6.79. The number of hydrogen-bond donors (Lipinski definition) is 0. The van der Waals surface area contributed by atoms with Crippen LogP contribution in [-0.4, -0.2) is 0 Å². The lowest BCUT2D eigenvalue weighted by atomic mass is 10.1. The van der Waals surface area contributed by atoms with Crippen molar-refractivity contribution in [2.45, 2.75) is 5.88 Å². The Balaban J connectivity index is 0.000000364. The molecule has 0 radical (unpaired) electrons. The number of alkyl halides is 1. The Labute approximate surface area is 91.2 Å². The lowest BCUT2D eigenvalue weighted by Crippen LogP contribution is -1.81. The Morgan fingerprint density at radius 1 is 1.07 bits per heavy atom. The van der Waals surface area contributed by atoms with Gasteiger partial charge in [-0.05, 0) is 11.1 Å². The molecule has 0 atom stereocenters. The van der Waals surface area contributed by atoms with Gasteiger partial charge < -0.3 is 0 Å². The van der Waals surface area contributed by atoms with Gasteiger partial charge in [-0.25, -0.2) is 0 Å². The van der Waals surface area contributed by atoms with Crippen LogP contribution in [0.4, 0.5) is 0 Å². The van der Waals surface area contributed by atoms with Gasteiger partial charge in [-0.15, -0.1) is 11.6 Å². The number of halogens is 1. The topological polar surface area (TPSA) is 0 Å². The first-order valence-electron chi connectivity index (χ1n) is 4.29.